The van der Waals surface area contributed by atoms with E-state index in [4.69, 9.17) is 0 Å². The van der Waals surface area contributed by atoms with Gasteiger partial charge < -0.3 is 28.8 Å². The number of hydrogen-bond donors (Lipinski definition) is 0. The maximum absolute atomic E-state index is 0. The Morgan fingerprint density at radius 3 is 0.571 bits per heavy atom. The van der Waals surface area contributed by atoms with E-state index in [1.54, 1.807) is 0 Å². The third-order valence-electron chi connectivity index (χ3n) is 0. The van der Waals surface area contributed by atoms with Gasteiger partial charge >= 0.3 is 51.4 Å². The van der Waals surface area contributed by atoms with Gasteiger partial charge in [-0.05, 0) is 0 Å². The number of rotatable bonds is 0. The van der Waals surface area contributed by atoms with E-state index in [-0.39, 0.29) is 98.7 Å². The third kappa shape index (κ3) is 71.2. The van der Waals surface area contributed by atoms with Crippen LogP contribution < -0.4 is 51.4 Å². The molecule has 7 heavy (non-hydrogen) atoms. The Balaban J connectivity index is 0. The Bertz CT molecular complexity index is 12.4. The first-order valence-electron chi connectivity index (χ1n) is 0. The van der Waals surface area contributed by atoms with Crippen LogP contribution in [0.2, 0.25) is 0 Å². The van der Waals surface area contributed by atoms with Crippen molar-refractivity contribution < 1.29 is 98.7 Å². The molecule has 5 nitrogen and oxygen atoms in total. The van der Waals surface area contributed by atoms with Crippen molar-refractivity contribution in [1.82, 2.24) is 0 Å². The number of hydrogen-bond acceptors (Lipinski definition) is 0. The monoisotopic (exact) mass is 181 g/mol. The van der Waals surface area contributed by atoms with E-state index in [0.29, 0.717) is 0 Å². The van der Waals surface area contributed by atoms with Gasteiger partial charge in [-0.2, -0.15) is 0 Å². The van der Waals surface area contributed by atoms with Crippen LogP contribution in [-0.4, -0.2) is 27.4 Å². The molecule has 0 aromatic carbocycles. The van der Waals surface area contributed by atoms with E-state index in [1.165, 1.54) is 0 Å². The zero-order valence-electron chi connectivity index (χ0n) is 4.95. The predicted molar refractivity (Wildman–Crippen MR) is 19.2 cm³/mol. The van der Waals surface area contributed by atoms with Gasteiger partial charge in [-0.25, -0.2) is 0 Å². The molecule has 7 heteroatoms. The van der Waals surface area contributed by atoms with Crippen molar-refractivity contribution in [2.75, 3.05) is 0 Å². The smallest absolute Gasteiger partial charge is 1.00 e. The maximum atomic E-state index is 0. The molecule has 0 aliphatic carbocycles. The summed E-state index contributed by atoms with van der Waals surface area (Å²) >= 11 is 0. The largest absolute Gasteiger partial charge is 1.00 e. The van der Waals surface area contributed by atoms with Crippen molar-refractivity contribution in [2.45, 2.75) is 0 Å². The molecule has 0 saturated heterocycles. The van der Waals surface area contributed by atoms with Crippen molar-refractivity contribution in [2.24, 2.45) is 0 Å². The average molecular weight is 181 g/mol. The van der Waals surface area contributed by atoms with E-state index < -0.39 is 0 Å². The molecular formula is H11KO5V. The van der Waals surface area contributed by atoms with Gasteiger partial charge in [-0.1, -0.05) is 0 Å². The summed E-state index contributed by atoms with van der Waals surface area (Å²) in [5.74, 6) is 0. The van der Waals surface area contributed by atoms with Gasteiger partial charge in [-0.15, -0.1) is 0 Å². The first-order valence-corrected chi connectivity index (χ1v) is 0. The van der Waals surface area contributed by atoms with Gasteiger partial charge in [0.1, 0.15) is 0 Å². The molecule has 47 valence electrons. The minimum Gasteiger partial charge on any atom is -1.00 e. The van der Waals surface area contributed by atoms with Crippen molar-refractivity contribution in [3.63, 3.8) is 0 Å². The zero-order valence-corrected chi connectivity index (χ0v) is 8.47. The molecule has 0 amide bonds. The van der Waals surface area contributed by atoms with E-state index in [1.807, 2.05) is 0 Å². The second-order valence-electron chi connectivity index (χ2n) is 0. The van der Waals surface area contributed by atoms with Gasteiger partial charge in [-0.3, -0.25) is 0 Å². The van der Waals surface area contributed by atoms with E-state index in [0.717, 1.165) is 0 Å². The van der Waals surface area contributed by atoms with Crippen LogP contribution in [0.25, 0.3) is 0 Å². The molecule has 1 radical (unpaired) electrons. The average Bonchev–Trinajstić information content (AvgIpc) is 0. The molecular weight excluding hydrogens is 170 g/mol. The molecule has 10 N–H and O–H groups in total. The minimum atomic E-state index is 0. The molecule has 0 aromatic heterocycles. The molecule has 0 bridgehead atoms. The molecule has 0 spiro atoms. The quantitative estimate of drug-likeness (QED) is 0.325. The van der Waals surface area contributed by atoms with E-state index in [9.17, 15) is 0 Å². The van der Waals surface area contributed by atoms with Gasteiger partial charge in [0.25, 0.3) is 0 Å². The molecule has 0 aliphatic heterocycles. The van der Waals surface area contributed by atoms with Crippen molar-refractivity contribution in [3.8, 4) is 0 Å². The topological polar surface area (TPSA) is 158 Å². The summed E-state index contributed by atoms with van der Waals surface area (Å²) in [6.45, 7) is 0. The van der Waals surface area contributed by atoms with Gasteiger partial charge in [0, 0.05) is 18.6 Å². The van der Waals surface area contributed by atoms with E-state index in [2.05, 4.69) is 0 Å². The second-order valence-corrected chi connectivity index (χ2v) is 0. The van der Waals surface area contributed by atoms with Gasteiger partial charge in [0.2, 0.25) is 0 Å². The van der Waals surface area contributed by atoms with Crippen LogP contribution in [0.5, 0.6) is 0 Å². The second kappa shape index (κ2) is 96.8. The fraction of sp³-hybridized carbons (Fsp3) is 0. The van der Waals surface area contributed by atoms with Gasteiger partial charge in [0.15, 0.2) is 0 Å². The summed E-state index contributed by atoms with van der Waals surface area (Å²) in [7, 11) is 0. The summed E-state index contributed by atoms with van der Waals surface area (Å²) in [5.41, 5.74) is 0. The van der Waals surface area contributed by atoms with Crippen LogP contribution in [0.1, 0.15) is 1.43 Å². The standard InChI is InChI=1S/K.5H2O.V.H/h;5*1H2;;/q+1;;;;;;;-1. The summed E-state index contributed by atoms with van der Waals surface area (Å²) in [4.78, 5) is 0. The normalized spacial score (nSPS) is 0. The fourth-order valence-corrected chi connectivity index (χ4v) is 0. The Hall–Kier alpha value is 2.02. The molecule has 0 aromatic rings. The Morgan fingerprint density at radius 2 is 0.571 bits per heavy atom. The maximum Gasteiger partial charge on any atom is 1.00 e. The summed E-state index contributed by atoms with van der Waals surface area (Å²) in [6.07, 6.45) is 0. The first kappa shape index (κ1) is 142. The third-order valence-corrected chi connectivity index (χ3v) is 0. The summed E-state index contributed by atoms with van der Waals surface area (Å²) in [6, 6.07) is 0. The van der Waals surface area contributed by atoms with Crippen molar-refractivity contribution in [3.05, 3.63) is 0 Å². The Labute approximate surface area is 97.2 Å². The first-order chi connectivity index (χ1) is 0. The molecule has 0 atom stereocenters. The molecule has 0 unspecified atom stereocenters. The van der Waals surface area contributed by atoms with Crippen LogP contribution in [0, 0.1) is 0 Å². The zero-order chi connectivity index (χ0) is 0. The minimum absolute atomic E-state index is 0. The molecule has 0 rings (SSSR count). The van der Waals surface area contributed by atoms with Crippen LogP contribution in [0.15, 0.2) is 0 Å². The van der Waals surface area contributed by atoms with Crippen molar-refractivity contribution in [1.29, 1.82) is 0 Å². The molecule has 0 heterocycles. The Kier molecular flexibility index (Phi) is 1970. The van der Waals surface area contributed by atoms with Crippen LogP contribution >= 0.6 is 0 Å². The molecule has 0 saturated carbocycles. The van der Waals surface area contributed by atoms with Crippen LogP contribution in [-0.2, 0) is 18.6 Å². The Morgan fingerprint density at radius 1 is 0.571 bits per heavy atom. The van der Waals surface area contributed by atoms with E-state index >= 15 is 0 Å². The van der Waals surface area contributed by atoms with Crippen LogP contribution in [0.3, 0.4) is 0 Å². The van der Waals surface area contributed by atoms with Crippen LogP contribution in [0.4, 0.5) is 0 Å². The van der Waals surface area contributed by atoms with Gasteiger partial charge in [0.05, 0.1) is 0 Å². The molecule has 0 fully saturated rings. The SMILES string of the molecule is O.O.O.O.O.[H-].[K+].[V]. The molecule has 0 aliphatic rings. The fourth-order valence-electron chi connectivity index (χ4n) is 0. The predicted octanol–water partition coefficient (Wildman–Crippen LogP) is -7.01. The van der Waals surface area contributed by atoms with Crippen molar-refractivity contribution >= 4 is 0 Å². The summed E-state index contributed by atoms with van der Waals surface area (Å²) in [5, 5.41) is 0. The summed E-state index contributed by atoms with van der Waals surface area (Å²) < 4.78 is 0.